The van der Waals surface area contributed by atoms with Crippen molar-refractivity contribution in [1.82, 2.24) is 15.1 Å². The molecule has 0 unspecified atom stereocenters. The number of aromatic nitrogens is 2. The van der Waals surface area contributed by atoms with Crippen LogP contribution in [0.1, 0.15) is 30.2 Å². The summed E-state index contributed by atoms with van der Waals surface area (Å²) in [5.41, 5.74) is 0.477. The van der Waals surface area contributed by atoms with E-state index in [9.17, 15) is 18.7 Å². The van der Waals surface area contributed by atoms with Gasteiger partial charge in [-0.3, -0.25) is 9.48 Å². The zero-order valence-corrected chi connectivity index (χ0v) is 11.5. The van der Waals surface area contributed by atoms with E-state index < -0.39 is 29.7 Å². The standard InChI is InChI=1S/C14H15F2N3O2/c1-8(11-4-3-10(15)5-12(11)16)18-14(21)13(20)9-6-17-19(2)7-9/h3-8,13,20H,1-2H3,(H,18,21)/t8-,13-/m0/s1. The number of amides is 1. The minimum absolute atomic E-state index is 0.142. The second kappa shape index (κ2) is 6.01. The zero-order valence-electron chi connectivity index (χ0n) is 11.5. The minimum Gasteiger partial charge on any atom is -0.378 e. The first-order chi connectivity index (χ1) is 9.88. The first-order valence-electron chi connectivity index (χ1n) is 6.30. The Hall–Kier alpha value is -2.28. The summed E-state index contributed by atoms with van der Waals surface area (Å²) in [6.45, 7) is 1.55. The molecule has 7 heteroatoms. The van der Waals surface area contributed by atoms with E-state index in [1.54, 1.807) is 14.0 Å². The predicted molar refractivity (Wildman–Crippen MR) is 71.1 cm³/mol. The normalized spacial score (nSPS) is 13.8. The molecule has 112 valence electrons. The van der Waals surface area contributed by atoms with Gasteiger partial charge in [0, 0.05) is 30.4 Å². The molecule has 0 bridgehead atoms. The average Bonchev–Trinajstić information content (AvgIpc) is 2.84. The van der Waals surface area contributed by atoms with Gasteiger partial charge in [0.1, 0.15) is 11.6 Å². The van der Waals surface area contributed by atoms with E-state index in [0.29, 0.717) is 5.56 Å². The van der Waals surface area contributed by atoms with Crippen molar-refractivity contribution in [3.8, 4) is 0 Å². The van der Waals surface area contributed by atoms with Gasteiger partial charge in [-0.2, -0.15) is 5.10 Å². The van der Waals surface area contributed by atoms with Crippen molar-refractivity contribution in [1.29, 1.82) is 0 Å². The van der Waals surface area contributed by atoms with Crippen LogP contribution < -0.4 is 5.32 Å². The molecular weight excluding hydrogens is 280 g/mol. The molecule has 0 radical (unpaired) electrons. The van der Waals surface area contributed by atoms with Crippen LogP contribution in [0.4, 0.5) is 8.78 Å². The van der Waals surface area contributed by atoms with Gasteiger partial charge < -0.3 is 10.4 Å². The maximum absolute atomic E-state index is 13.6. The molecule has 21 heavy (non-hydrogen) atoms. The number of carbonyl (C=O) groups excluding carboxylic acids is 1. The molecule has 0 saturated heterocycles. The number of aliphatic hydroxyl groups is 1. The number of aliphatic hydroxyl groups excluding tert-OH is 1. The zero-order chi connectivity index (χ0) is 15.6. The Balaban J connectivity index is 2.08. The molecule has 1 amide bonds. The van der Waals surface area contributed by atoms with Crippen molar-refractivity contribution in [3.63, 3.8) is 0 Å². The van der Waals surface area contributed by atoms with Gasteiger partial charge in [-0.15, -0.1) is 0 Å². The number of benzene rings is 1. The summed E-state index contributed by atoms with van der Waals surface area (Å²) >= 11 is 0. The van der Waals surface area contributed by atoms with Crippen LogP contribution in [-0.4, -0.2) is 20.8 Å². The summed E-state index contributed by atoms with van der Waals surface area (Å²) in [5.74, 6) is -2.12. The number of halogens is 2. The van der Waals surface area contributed by atoms with Gasteiger partial charge in [-0.25, -0.2) is 8.78 Å². The lowest BCUT2D eigenvalue weighted by Gasteiger charge is -2.17. The van der Waals surface area contributed by atoms with Crippen LogP contribution in [0.2, 0.25) is 0 Å². The van der Waals surface area contributed by atoms with Gasteiger partial charge in [0.05, 0.1) is 12.2 Å². The van der Waals surface area contributed by atoms with Gasteiger partial charge in [0.25, 0.3) is 5.91 Å². The number of hydrogen-bond acceptors (Lipinski definition) is 3. The van der Waals surface area contributed by atoms with Gasteiger partial charge in [0.15, 0.2) is 6.10 Å². The summed E-state index contributed by atoms with van der Waals surface area (Å²) in [7, 11) is 1.66. The quantitative estimate of drug-likeness (QED) is 0.900. The average molecular weight is 295 g/mol. The number of hydrogen-bond donors (Lipinski definition) is 2. The fraction of sp³-hybridized carbons (Fsp3) is 0.286. The van der Waals surface area contributed by atoms with E-state index in [2.05, 4.69) is 10.4 Å². The van der Waals surface area contributed by atoms with Crippen molar-refractivity contribution in [3.05, 3.63) is 53.4 Å². The maximum Gasteiger partial charge on any atom is 0.254 e. The first kappa shape index (κ1) is 15.1. The Bertz CT molecular complexity index is 657. The lowest BCUT2D eigenvalue weighted by molar-refractivity contribution is -0.130. The Labute approximate surface area is 120 Å². The van der Waals surface area contributed by atoms with Crippen molar-refractivity contribution >= 4 is 5.91 Å². The largest absolute Gasteiger partial charge is 0.378 e. The predicted octanol–water partition coefficient (Wildman–Crippen LogP) is 1.61. The molecule has 2 atom stereocenters. The molecule has 0 fully saturated rings. The second-order valence-corrected chi connectivity index (χ2v) is 4.75. The van der Waals surface area contributed by atoms with E-state index in [4.69, 9.17) is 0 Å². The van der Waals surface area contributed by atoms with Crippen LogP contribution in [0, 0.1) is 11.6 Å². The summed E-state index contributed by atoms with van der Waals surface area (Å²) in [5, 5.41) is 16.2. The van der Waals surface area contributed by atoms with Crippen LogP contribution in [0.25, 0.3) is 0 Å². The Morgan fingerprint density at radius 2 is 2.14 bits per heavy atom. The number of rotatable bonds is 4. The van der Waals surface area contributed by atoms with Crippen molar-refractivity contribution in [2.75, 3.05) is 0 Å². The SMILES string of the molecule is C[C@H](NC(=O)[C@@H](O)c1cnn(C)c1)c1ccc(F)cc1F. The maximum atomic E-state index is 13.6. The molecule has 0 aliphatic heterocycles. The Morgan fingerprint density at radius 1 is 1.43 bits per heavy atom. The Morgan fingerprint density at radius 3 is 2.71 bits per heavy atom. The van der Waals surface area contributed by atoms with Crippen LogP contribution in [0.5, 0.6) is 0 Å². The lowest BCUT2D eigenvalue weighted by Crippen LogP contribution is -2.32. The summed E-state index contributed by atoms with van der Waals surface area (Å²) in [4.78, 5) is 11.9. The third-order valence-corrected chi connectivity index (χ3v) is 3.08. The van der Waals surface area contributed by atoms with Crippen molar-refractivity contribution in [2.45, 2.75) is 19.1 Å². The number of aryl methyl sites for hydroxylation is 1. The molecule has 1 heterocycles. The smallest absolute Gasteiger partial charge is 0.254 e. The van der Waals surface area contributed by atoms with Gasteiger partial charge in [-0.05, 0) is 13.0 Å². The second-order valence-electron chi connectivity index (χ2n) is 4.75. The van der Waals surface area contributed by atoms with Crippen LogP contribution in [0.3, 0.4) is 0 Å². The molecule has 2 aromatic rings. The van der Waals surface area contributed by atoms with E-state index in [0.717, 1.165) is 12.1 Å². The van der Waals surface area contributed by atoms with E-state index >= 15 is 0 Å². The lowest BCUT2D eigenvalue weighted by atomic mass is 10.1. The number of nitrogens with zero attached hydrogens (tertiary/aromatic N) is 2. The van der Waals surface area contributed by atoms with E-state index in [1.807, 2.05) is 0 Å². The summed E-state index contributed by atoms with van der Waals surface area (Å²) in [6, 6.07) is 2.41. The topological polar surface area (TPSA) is 67.2 Å². The highest BCUT2D eigenvalue weighted by atomic mass is 19.1. The summed E-state index contributed by atoms with van der Waals surface area (Å²) in [6.07, 6.45) is 1.48. The highest BCUT2D eigenvalue weighted by molar-refractivity contribution is 5.82. The summed E-state index contributed by atoms with van der Waals surface area (Å²) < 4.78 is 27.9. The van der Waals surface area contributed by atoms with Crippen molar-refractivity contribution in [2.24, 2.45) is 7.05 Å². The van der Waals surface area contributed by atoms with Gasteiger partial charge >= 0.3 is 0 Å². The number of nitrogens with one attached hydrogen (secondary N) is 1. The highest BCUT2D eigenvalue weighted by Gasteiger charge is 2.22. The molecule has 1 aromatic carbocycles. The minimum atomic E-state index is -1.40. The third-order valence-electron chi connectivity index (χ3n) is 3.08. The molecular formula is C14H15F2N3O2. The molecule has 0 spiro atoms. The molecule has 2 N–H and O–H groups in total. The van der Waals surface area contributed by atoms with Crippen LogP contribution in [0.15, 0.2) is 30.6 Å². The van der Waals surface area contributed by atoms with Gasteiger partial charge in [0.2, 0.25) is 0 Å². The molecule has 2 rings (SSSR count). The number of carbonyl (C=O) groups is 1. The fourth-order valence-corrected chi connectivity index (χ4v) is 1.96. The van der Waals surface area contributed by atoms with E-state index in [1.165, 1.54) is 23.1 Å². The molecule has 5 nitrogen and oxygen atoms in total. The first-order valence-corrected chi connectivity index (χ1v) is 6.30. The molecule has 0 saturated carbocycles. The molecule has 0 aliphatic carbocycles. The fourth-order valence-electron chi connectivity index (χ4n) is 1.96. The molecule has 1 aromatic heterocycles. The molecule has 0 aliphatic rings. The van der Waals surface area contributed by atoms with Gasteiger partial charge in [-0.1, -0.05) is 6.07 Å². The van der Waals surface area contributed by atoms with E-state index in [-0.39, 0.29) is 5.56 Å². The van der Waals surface area contributed by atoms with Crippen molar-refractivity contribution < 1.29 is 18.7 Å². The Kier molecular flexibility index (Phi) is 4.32. The third kappa shape index (κ3) is 3.43. The highest BCUT2D eigenvalue weighted by Crippen LogP contribution is 2.19. The monoisotopic (exact) mass is 295 g/mol. The van der Waals surface area contributed by atoms with Crippen LogP contribution in [-0.2, 0) is 11.8 Å². The van der Waals surface area contributed by atoms with Crippen LogP contribution >= 0.6 is 0 Å².